The van der Waals surface area contributed by atoms with E-state index in [0.717, 1.165) is 31.2 Å². The Morgan fingerprint density at radius 3 is 2.81 bits per heavy atom. The first kappa shape index (κ1) is 17.1. The zero-order valence-electron chi connectivity index (χ0n) is 16.0. The lowest BCUT2D eigenvalue weighted by atomic mass is 9.48. The minimum atomic E-state index is -0.263. The summed E-state index contributed by atoms with van der Waals surface area (Å²) in [5.41, 5.74) is 3.65. The van der Waals surface area contributed by atoms with Gasteiger partial charge in [0, 0.05) is 12.6 Å². The third kappa shape index (κ3) is 2.36. The summed E-state index contributed by atoms with van der Waals surface area (Å²) >= 11 is 0. The molecule has 5 atom stereocenters. The van der Waals surface area contributed by atoms with Crippen LogP contribution < -0.4 is 0 Å². The van der Waals surface area contributed by atoms with Crippen LogP contribution in [0.2, 0.25) is 0 Å². The number of carbonyl (C=O) groups is 1. The van der Waals surface area contributed by atoms with Crippen molar-refractivity contribution < 1.29 is 9.18 Å². The van der Waals surface area contributed by atoms with Crippen LogP contribution in [0.15, 0.2) is 48.3 Å². The molecule has 1 aromatic heterocycles. The van der Waals surface area contributed by atoms with Crippen LogP contribution in [0, 0.1) is 34.4 Å². The predicted octanol–water partition coefficient (Wildman–Crippen LogP) is 5.52. The van der Waals surface area contributed by atoms with E-state index >= 15 is 0 Å². The van der Waals surface area contributed by atoms with Crippen molar-refractivity contribution >= 4 is 11.4 Å². The van der Waals surface area contributed by atoms with Gasteiger partial charge in [-0.05, 0) is 83.1 Å². The molecule has 4 aliphatic rings. The van der Waals surface area contributed by atoms with Gasteiger partial charge in [0.15, 0.2) is 5.78 Å². The summed E-state index contributed by atoms with van der Waals surface area (Å²) in [6, 6.07) is 1.63. The van der Waals surface area contributed by atoms with Crippen LogP contribution in [-0.4, -0.2) is 10.8 Å². The van der Waals surface area contributed by atoms with Gasteiger partial charge in [-0.15, -0.1) is 0 Å². The van der Waals surface area contributed by atoms with Crippen LogP contribution in [0.4, 0.5) is 4.39 Å². The number of aromatic nitrogens is 1. The number of halogens is 1. The fourth-order valence-corrected chi connectivity index (χ4v) is 6.58. The van der Waals surface area contributed by atoms with E-state index < -0.39 is 0 Å². The molecule has 0 spiro atoms. The molecule has 3 unspecified atom stereocenters. The van der Waals surface area contributed by atoms with E-state index in [0.29, 0.717) is 24.2 Å². The molecule has 1 saturated carbocycles. The summed E-state index contributed by atoms with van der Waals surface area (Å²) < 4.78 is 13.8. The molecule has 0 aromatic carbocycles. The maximum Gasteiger partial charge on any atom is 0.156 e. The molecule has 140 valence electrons. The van der Waals surface area contributed by atoms with Gasteiger partial charge in [-0.1, -0.05) is 32.1 Å². The summed E-state index contributed by atoms with van der Waals surface area (Å²) in [6.45, 7) is 4.73. The Kier molecular flexibility index (Phi) is 3.63. The number of allylic oxidation sites excluding steroid dienone is 6. The molecule has 0 N–H and O–H groups in total. The van der Waals surface area contributed by atoms with E-state index in [1.165, 1.54) is 17.3 Å². The van der Waals surface area contributed by atoms with Gasteiger partial charge in [-0.25, -0.2) is 4.39 Å². The number of hydrogen-bond donors (Lipinski definition) is 0. The highest BCUT2D eigenvalue weighted by Crippen LogP contribution is 2.65. The highest BCUT2D eigenvalue weighted by atomic mass is 19.1. The molecule has 0 aliphatic heterocycles. The van der Waals surface area contributed by atoms with Crippen LogP contribution in [-0.2, 0) is 4.79 Å². The smallest absolute Gasteiger partial charge is 0.156 e. The molecule has 1 aromatic rings. The van der Waals surface area contributed by atoms with E-state index in [1.807, 2.05) is 6.08 Å². The monoisotopic (exact) mass is 363 g/mol. The van der Waals surface area contributed by atoms with Crippen molar-refractivity contribution in [2.45, 2.75) is 46.0 Å². The molecule has 5 rings (SSSR count). The van der Waals surface area contributed by atoms with Gasteiger partial charge in [0.05, 0.1) is 6.20 Å². The molecule has 1 fully saturated rings. The zero-order valence-corrected chi connectivity index (χ0v) is 16.0. The first-order chi connectivity index (χ1) is 12.9. The van der Waals surface area contributed by atoms with E-state index in [-0.39, 0.29) is 22.4 Å². The average Bonchev–Trinajstić information content (AvgIpc) is 2.99. The molecule has 4 aliphatic carbocycles. The summed E-state index contributed by atoms with van der Waals surface area (Å²) in [5, 5.41) is 0. The van der Waals surface area contributed by atoms with Gasteiger partial charge in [-0.2, -0.15) is 0 Å². The van der Waals surface area contributed by atoms with Crippen LogP contribution in [0.5, 0.6) is 0 Å². The standard InChI is InChI=1S/C24H26FNO/c1-23-9-7-18(27)12-16(23)3-4-19-21-6-5-20(15-11-17(25)14-26-13-15)24(21,2)10-8-22(19)23/h3-5,11-14,19,21-22H,6-10H2,1-2H3/t19?,21?,22?,23-,24+/m0/s1. The van der Waals surface area contributed by atoms with Gasteiger partial charge >= 0.3 is 0 Å². The second-order valence-corrected chi connectivity index (χ2v) is 9.33. The van der Waals surface area contributed by atoms with Gasteiger partial charge in [-0.3, -0.25) is 9.78 Å². The normalized spacial score (nSPS) is 40.0. The Morgan fingerprint density at radius 1 is 1.15 bits per heavy atom. The first-order valence-corrected chi connectivity index (χ1v) is 10.2. The molecule has 27 heavy (non-hydrogen) atoms. The maximum atomic E-state index is 13.8. The van der Waals surface area contributed by atoms with Crippen molar-refractivity contribution in [3.8, 4) is 0 Å². The molecular weight excluding hydrogens is 337 g/mol. The van der Waals surface area contributed by atoms with E-state index in [9.17, 15) is 9.18 Å². The fraction of sp³-hybridized carbons (Fsp3) is 0.500. The number of carbonyl (C=O) groups excluding carboxylic acids is 1. The molecule has 0 saturated heterocycles. The number of nitrogens with zero attached hydrogens (tertiary/aromatic N) is 1. The van der Waals surface area contributed by atoms with E-state index in [4.69, 9.17) is 0 Å². The Balaban J connectivity index is 1.52. The molecule has 0 amide bonds. The lowest BCUT2D eigenvalue weighted by Gasteiger charge is -2.55. The minimum absolute atomic E-state index is 0.0725. The van der Waals surface area contributed by atoms with Crippen LogP contribution in [0.1, 0.15) is 51.5 Å². The maximum absolute atomic E-state index is 13.8. The molecule has 0 radical (unpaired) electrons. The van der Waals surface area contributed by atoms with Crippen molar-refractivity contribution in [2.24, 2.45) is 28.6 Å². The number of rotatable bonds is 1. The number of ketones is 1. The second kappa shape index (κ2) is 5.73. The Bertz CT molecular complexity index is 913. The minimum Gasteiger partial charge on any atom is -0.295 e. The molecular formula is C24H26FNO. The second-order valence-electron chi connectivity index (χ2n) is 9.33. The third-order valence-corrected chi connectivity index (χ3v) is 8.11. The molecule has 0 bridgehead atoms. The van der Waals surface area contributed by atoms with Crippen molar-refractivity contribution in [3.63, 3.8) is 0 Å². The van der Waals surface area contributed by atoms with Crippen LogP contribution in [0.25, 0.3) is 5.57 Å². The average molecular weight is 363 g/mol. The number of hydrogen-bond acceptors (Lipinski definition) is 2. The Hall–Kier alpha value is -2.03. The summed E-state index contributed by atoms with van der Waals surface area (Å²) in [4.78, 5) is 16.0. The van der Waals surface area contributed by atoms with Crippen molar-refractivity contribution in [1.82, 2.24) is 4.98 Å². The highest BCUT2D eigenvalue weighted by Gasteiger charge is 2.55. The highest BCUT2D eigenvalue weighted by molar-refractivity contribution is 5.92. The number of pyridine rings is 1. The molecule has 2 nitrogen and oxygen atoms in total. The first-order valence-electron chi connectivity index (χ1n) is 10.2. The molecule has 1 heterocycles. The summed E-state index contributed by atoms with van der Waals surface area (Å²) in [7, 11) is 0. The van der Waals surface area contributed by atoms with Gasteiger partial charge < -0.3 is 0 Å². The third-order valence-electron chi connectivity index (χ3n) is 8.11. The van der Waals surface area contributed by atoms with Gasteiger partial charge in [0.25, 0.3) is 0 Å². The number of fused-ring (bicyclic) bond motifs is 5. The van der Waals surface area contributed by atoms with E-state index in [1.54, 1.807) is 12.3 Å². The van der Waals surface area contributed by atoms with E-state index in [2.05, 4.69) is 37.1 Å². The quantitative estimate of drug-likeness (QED) is 0.657. The van der Waals surface area contributed by atoms with Crippen molar-refractivity contribution in [2.75, 3.05) is 0 Å². The largest absolute Gasteiger partial charge is 0.295 e. The summed E-state index contributed by atoms with van der Waals surface area (Å²) in [5.74, 6) is 1.67. The fourth-order valence-electron chi connectivity index (χ4n) is 6.58. The Morgan fingerprint density at radius 2 is 2.00 bits per heavy atom. The van der Waals surface area contributed by atoms with Crippen molar-refractivity contribution in [1.29, 1.82) is 0 Å². The molecule has 3 heteroatoms. The predicted molar refractivity (Wildman–Crippen MR) is 104 cm³/mol. The van der Waals surface area contributed by atoms with Gasteiger partial charge in [0.1, 0.15) is 5.82 Å². The lowest BCUT2D eigenvalue weighted by Crippen LogP contribution is -2.48. The van der Waals surface area contributed by atoms with Gasteiger partial charge in [0.2, 0.25) is 0 Å². The topological polar surface area (TPSA) is 30.0 Å². The Labute approximate surface area is 160 Å². The van der Waals surface area contributed by atoms with Crippen LogP contribution in [0.3, 0.4) is 0 Å². The van der Waals surface area contributed by atoms with Crippen molar-refractivity contribution in [3.05, 3.63) is 59.7 Å². The van der Waals surface area contributed by atoms with Crippen LogP contribution >= 0.6 is 0 Å². The lowest BCUT2D eigenvalue weighted by molar-refractivity contribution is -0.116. The SMILES string of the molecule is C[C@]12CCC(=O)C=C1C=CC1C2CC[C@]2(C)C(c3cncc(F)c3)=CCC12. The summed E-state index contributed by atoms with van der Waals surface area (Å²) in [6.07, 6.45) is 16.9. The zero-order chi connectivity index (χ0) is 18.8.